The number of hydrogen-bond donors (Lipinski definition) is 1. The maximum atomic E-state index is 12.0. The normalized spacial score (nSPS) is 19.8. The molecule has 1 aliphatic carbocycles. The second-order valence-electron chi connectivity index (χ2n) is 5.06. The van der Waals surface area contributed by atoms with E-state index in [1.54, 1.807) is 0 Å². The molecule has 102 valence electrons. The highest BCUT2D eigenvalue weighted by Crippen LogP contribution is 2.25. The van der Waals surface area contributed by atoms with Crippen molar-refractivity contribution in [3.8, 4) is 0 Å². The zero-order valence-electron chi connectivity index (χ0n) is 11.6. The van der Waals surface area contributed by atoms with Crippen molar-refractivity contribution in [3.05, 3.63) is 42.0 Å². The van der Waals surface area contributed by atoms with Gasteiger partial charge in [0.2, 0.25) is 0 Å². The van der Waals surface area contributed by atoms with E-state index in [-0.39, 0.29) is 12.0 Å². The van der Waals surface area contributed by atoms with Crippen LogP contribution in [0.5, 0.6) is 0 Å². The Kier molecular flexibility index (Phi) is 4.61. The van der Waals surface area contributed by atoms with E-state index in [0.29, 0.717) is 5.92 Å². The first-order valence-corrected chi connectivity index (χ1v) is 6.76. The minimum atomic E-state index is -0.266. The molecule has 0 aromatic heterocycles. The SMILES string of the molecule is COC(=O)C(Nc1ccc(C)cc1)C1CC=CCC1. The Balaban J connectivity index is 2.11. The van der Waals surface area contributed by atoms with Crippen LogP contribution >= 0.6 is 0 Å². The van der Waals surface area contributed by atoms with Gasteiger partial charge >= 0.3 is 5.97 Å². The summed E-state index contributed by atoms with van der Waals surface area (Å²) in [5, 5.41) is 3.32. The van der Waals surface area contributed by atoms with Crippen LogP contribution in [0.15, 0.2) is 36.4 Å². The Morgan fingerprint density at radius 3 is 2.63 bits per heavy atom. The molecule has 2 atom stereocenters. The summed E-state index contributed by atoms with van der Waals surface area (Å²) in [4.78, 5) is 12.0. The van der Waals surface area contributed by atoms with E-state index in [1.165, 1.54) is 12.7 Å². The van der Waals surface area contributed by atoms with Crippen LogP contribution in [-0.4, -0.2) is 19.1 Å². The molecule has 1 aliphatic rings. The van der Waals surface area contributed by atoms with Crippen molar-refractivity contribution >= 4 is 11.7 Å². The Morgan fingerprint density at radius 1 is 1.32 bits per heavy atom. The van der Waals surface area contributed by atoms with Gasteiger partial charge in [-0.1, -0.05) is 29.8 Å². The largest absolute Gasteiger partial charge is 0.467 e. The third-order valence-corrected chi connectivity index (χ3v) is 3.61. The lowest BCUT2D eigenvalue weighted by Gasteiger charge is -2.27. The number of benzene rings is 1. The van der Waals surface area contributed by atoms with Crippen molar-refractivity contribution in [1.82, 2.24) is 0 Å². The fourth-order valence-electron chi connectivity index (χ4n) is 2.45. The average molecular weight is 259 g/mol. The molecule has 0 heterocycles. The highest BCUT2D eigenvalue weighted by molar-refractivity contribution is 5.79. The van der Waals surface area contributed by atoms with E-state index < -0.39 is 0 Å². The van der Waals surface area contributed by atoms with Crippen LogP contribution in [0.2, 0.25) is 0 Å². The molecule has 0 bridgehead atoms. The molecule has 1 aromatic rings. The summed E-state index contributed by atoms with van der Waals surface area (Å²) in [5.74, 6) is 0.125. The summed E-state index contributed by atoms with van der Waals surface area (Å²) in [6.07, 6.45) is 7.32. The molecule has 0 aliphatic heterocycles. The van der Waals surface area contributed by atoms with Gasteiger partial charge in [0.1, 0.15) is 6.04 Å². The van der Waals surface area contributed by atoms with Crippen LogP contribution in [0.25, 0.3) is 0 Å². The van der Waals surface area contributed by atoms with E-state index in [9.17, 15) is 4.79 Å². The number of nitrogens with one attached hydrogen (secondary N) is 1. The molecule has 19 heavy (non-hydrogen) atoms. The summed E-state index contributed by atoms with van der Waals surface area (Å²) < 4.78 is 4.94. The molecule has 2 rings (SSSR count). The van der Waals surface area contributed by atoms with Crippen LogP contribution in [0, 0.1) is 12.8 Å². The third kappa shape index (κ3) is 3.60. The van der Waals surface area contributed by atoms with Crippen LogP contribution in [0.1, 0.15) is 24.8 Å². The first-order valence-electron chi connectivity index (χ1n) is 6.76. The fraction of sp³-hybridized carbons (Fsp3) is 0.438. The first-order chi connectivity index (χ1) is 9.20. The van der Waals surface area contributed by atoms with Crippen molar-refractivity contribution in [2.75, 3.05) is 12.4 Å². The number of esters is 1. The van der Waals surface area contributed by atoms with E-state index in [4.69, 9.17) is 4.74 Å². The number of rotatable bonds is 4. The van der Waals surface area contributed by atoms with Gasteiger partial charge < -0.3 is 10.1 Å². The Bertz CT molecular complexity index is 450. The average Bonchev–Trinajstić information content (AvgIpc) is 2.47. The predicted molar refractivity (Wildman–Crippen MR) is 77.1 cm³/mol. The lowest BCUT2D eigenvalue weighted by atomic mass is 9.87. The maximum Gasteiger partial charge on any atom is 0.328 e. The van der Waals surface area contributed by atoms with Crippen molar-refractivity contribution in [3.63, 3.8) is 0 Å². The van der Waals surface area contributed by atoms with Gasteiger partial charge in [0, 0.05) is 5.69 Å². The highest BCUT2D eigenvalue weighted by atomic mass is 16.5. The Hall–Kier alpha value is -1.77. The topological polar surface area (TPSA) is 38.3 Å². The number of aryl methyl sites for hydroxylation is 1. The molecule has 1 aromatic carbocycles. The number of anilines is 1. The second kappa shape index (κ2) is 6.41. The quantitative estimate of drug-likeness (QED) is 0.666. The smallest absolute Gasteiger partial charge is 0.328 e. The number of carbonyl (C=O) groups is 1. The summed E-state index contributed by atoms with van der Waals surface area (Å²) in [5.41, 5.74) is 2.18. The molecule has 0 radical (unpaired) electrons. The Morgan fingerprint density at radius 2 is 2.05 bits per heavy atom. The molecule has 1 N–H and O–H groups in total. The maximum absolute atomic E-state index is 12.0. The lowest BCUT2D eigenvalue weighted by molar-refractivity contribution is -0.142. The van der Waals surface area contributed by atoms with E-state index in [2.05, 4.69) is 17.5 Å². The summed E-state index contributed by atoms with van der Waals surface area (Å²) in [6.45, 7) is 2.05. The molecule has 0 spiro atoms. The van der Waals surface area contributed by atoms with Gasteiger partial charge in [-0.2, -0.15) is 0 Å². The summed E-state index contributed by atoms with van der Waals surface area (Å²) in [7, 11) is 1.45. The van der Waals surface area contributed by atoms with Crippen molar-refractivity contribution < 1.29 is 9.53 Å². The number of hydrogen-bond acceptors (Lipinski definition) is 3. The molecule has 2 unspecified atom stereocenters. The van der Waals surface area contributed by atoms with Crippen LogP contribution < -0.4 is 5.32 Å². The third-order valence-electron chi connectivity index (χ3n) is 3.61. The standard InChI is InChI=1S/C16H21NO2/c1-12-8-10-14(11-9-12)17-15(16(18)19-2)13-6-4-3-5-7-13/h3-4,8-11,13,15,17H,5-7H2,1-2H3. The van der Waals surface area contributed by atoms with E-state index in [1.807, 2.05) is 31.2 Å². The minimum absolute atomic E-state index is 0.180. The summed E-state index contributed by atoms with van der Waals surface area (Å²) in [6, 6.07) is 7.82. The molecule has 3 heteroatoms. The molecule has 0 fully saturated rings. The monoisotopic (exact) mass is 259 g/mol. The number of allylic oxidation sites excluding steroid dienone is 2. The van der Waals surface area contributed by atoms with E-state index >= 15 is 0 Å². The number of ether oxygens (including phenoxy) is 1. The zero-order valence-corrected chi connectivity index (χ0v) is 11.6. The zero-order chi connectivity index (χ0) is 13.7. The van der Waals surface area contributed by atoms with Crippen LogP contribution in [0.3, 0.4) is 0 Å². The predicted octanol–water partition coefficient (Wildman–Crippen LogP) is 3.30. The summed E-state index contributed by atoms with van der Waals surface area (Å²) >= 11 is 0. The molecule has 3 nitrogen and oxygen atoms in total. The van der Waals surface area contributed by atoms with Gasteiger partial charge in [-0.15, -0.1) is 0 Å². The molecule has 0 amide bonds. The fourth-order valence-corrected chi connectivity index (χ4v) is 2.45. The van der Waals surface area contributed by atoms with Gasteiger partial charge in [-0.05, 0) is 44.2 Å². The van der Waals surface area contributed by atoms with Gasteiger partial charge in [0.15, 0.2) is 0 Å². The second-order valence-corrected chi connectivity index (χ2v) is 5.06. The highest BCUT2D eigenvalue weighted by Gasteiger charge is 2.28. The van der Waals surface area contributed by atoms with Gasteiger partial charge in [-0.3, -0.25) is 0 Å². The number of carbonyl (C=O) groups excluding carboxylic acids is 1. The van der Waals surface area contributed by atoms with Crippen molar-refractivity contribution in [2.24, 2.45) is 5.92 Å². The number of methoxy groups -OCH3 is 1. The molecule has 0 saturated heterocycles. The Labute approximate surface area is 114 Å². The molecular weight excluding hydrogens is 238 g/mol. The van der Waals surface area contributed by atoms with Crippen molar-refractivity contribution in [1.29, 1.82) is 0 Å². The molecule has 0 saturated carbocycles. The lowest BCUT2D eigenvalue weighted by Crippen LogP contribution is -2.38. The van der Waals surface area contributed by atoms with Crippen molar-refractivity contribution in [2.45, 2.75) is 32.2 Å². The molecular formula is C16H21NO2. The minimum Gasteiger partial charge on any atom is -0.467 e. The van der Waals surface area contributed by atoms with E-state index in [0.717, 1.165) is 24.9 Å². The van der Waals surface area contributed by atoms with Crippen LogP contribution in [-0.2, 0) is 9.53 Å². The first kappa shape index (κ1) is 13.7. The van der Waals surface area contributed by atoms with Gasteiger partial charge in [-0.25, -0.2) is 4.79 Å². The van der Waals surface area contributed by atoms with Gasteiger partial charge in [0.05, 0.1) is 7.11 Å². The van der Waals surface area contributed by atoms with Crippen LogP contribution in [0.4, 0.5) is 5.69 Å². The van der Waals surface area contributed by atoms with Gasteiger partial charge in [0.25, 0.3) is 0 Å².